The fraction of sp³-hybridized carbons (Fsp3) is 0.143. The number of carboxylic acids is 1. The molecule has 0 amide bonds. The van der Waals surface area contributed by atoms with Crippen LogP contribution in [0.4, 0.5) is 0 Å². The van der Waals surface area contributed by atoms with Gasteiger partial charge in [0.05, 0.1) is 0 Å². The lowest BCUT2D eigenvalue weighted by molar-refractivity contribution is -0.132. The Morgan fingerprint density at radius 2 is 2.58 bits per heavy atom. The monoisotopic (exact) mass is 182 g/mol. The summed E-state index contributed by atoms with van der Waals surface area (Å²) in [5, 5.41) is 11.3. The first kappa shape index (κ1) is 7.42. The van der Waals surface area contributed by atoms with Gasteiger partial charge < -0.3 is 10.0 Å². The first-order valence-electron chi connectivity index (χ1n) is 3.39. The molecule has 0 aromatic heterocycles. The van der Waals surface area contributed by atoms with Gasteiger partial charge in [0.25, 0.3) is 0 Å². The first-order chi connectivity index (χ1) is 5.77. The number of aliphatic carboxylic acids is 1. The quantitative estimate of drug-likeness (QED) is 0.653. The zero-order valence-corrected chi connectivity index (χ0v) is 6.91. The molecule has 0 aromatic rings. The van der Waals surface area contributed by atoms with Crippen LogP contribution >= 0.6 is 11.8 Å². The Bertz CT molecular complexity index is 319. The summed E-state index contributed by atoms with van der Waals surface area (Å²) in [5.74, 6) is -0.963. The van der Waals surface area contributed by atoms with Crippen LogP contribution in [0.2, 0.25) is 0 Å². The van der Waals surface area contributed by atoms with Crippen LogP contribution in [0.3, 0.4) is 0 Å². The Balaban J connectivity index is 2.25. The van der Waals surface area contributed by atoms with E-state index in [4.69, 9.17) is 5.11 Å². The van der Waals surface area contributed by atoms with E-state index in [1.807, 2.05) is 16.5 Å². The van der Waals surface area contributed by atoms with E-state index in [1.54, 1.807) is 6.08 Å². The summed E-state index contributed by atoms with van der Waals surface area (Å²) < 4.78 is 0. The van der Waals surface area contributed by atoms with E-state index >= 15 is 0 Å². The SMILES string of the molecule is O=C(O)C1=CCN2C=CSC2=N1. The lowest BCUT2D eigenvalue weighted by Gasteiger charge is -2.17. The highest BCUT2D eigenvalue weighted by atomic mass is 32.2. The second-order valence-corrected chi connectivity index (χ2v) is 3.22. The maximum absolute atomic E-state index is 10.5. The van der Waals surface area contributed by atoms with Gasteiger partial charge in [-0.25, -0.2) is 9.79 Å². The van der Waals surface area contributed by atoms with Crippen LogP contribution in [0.15, 0.2) is 28.4 Å². The Morgan fingerprint density at radius 1 is 1.75 bits per heavy atom. The summed E-state index contributed by atoms with van der Waals surface area (Å²) in [6.07, 6.45) is 3.49. The number of carboxylic acid groups (broad SMARTS) is 1. The molecule has 62 valence electrons. The van der Waals surface area contributed by atoms with E-state index in [0.29, 0.717) is 6.54 Å². The predicted octanol–water partition coefficient (Wildman–Crippen LogP) is 0.845. The van der Waals surface area contributed by atoms with Gasteiger partial charge in [-0.2, -0.15) is 0 Å². The zero-order chi connectivity index (χ0) is 8.55. The summed E-state index contributed by atoms with van der Waals surface area (Å²) >= 11 is 1.44. The number of nitrogens with zero attached hydrogens (tertiary/aromatic N) is 2. The van der Waals surface area contributed by atoms with Crippen LogP contribution in [0, 0.1) is 0 Å². The summed E-state index contributed by atoms with van der Waals surface area (Å²) in [6, 6.07) is 0. The van der Waals surface area contributed by atoms with Crippen LogP contribution in [0.5, 0.6) is 0 Å². The van der Waals surface area contributed by atoms with Crippen LogP contribution in [-0.4, -0.2) is 27.7 Å². The van der Waals surface area contributed by atoms with Crippen LogP contribution in [-0.2, 0) is 4.79 Å². The molecule has 0 unspecified atom stereocenters. The van der Waals surface area contributed by atoms with E-state index in [9.17, 15) is 4.79 Å². The maximum Gasteiger partial charge on any atom is 0.354 e. The molecule has 0 aliphatic carbocycles. The number of fused-ring (bicyclic) bond motifs is 1. The molecule has 2 aliphatic heterocycles. The standard InChI is InChI=1S/C7H6N2O2S/c10-6(11)5-1-2-9-3-4-12-7(9)8-5/h1,3-4H,2H2,(H,10,11). The van der Waals surface area contributed by atoms with Gasteiger partial charge in [0.1, 0.15) is 5.70 Å². The highest BCUT2D eigenvalue weighted by Crippen LogP contribution is 2.23. The minimum absolute atomic E-state index is 0.137. The van der Waals surface area contributed by atoms with Gasteiger partial charge >= 0.3 is 5.97 Å². The molecule has 1 N–H and O–H groups in total. The Labute approximate surface area is 73.3 Å². The van der Waals surface area contributed by atoms with Gasteiger partial charge in [0.15, 0.2) is 5.17 Å². The molecule has 0 atom stereocenters. The molecule has 12 heavy (non-hydrogen) atoms. The molecule has 2 aliphatic rings. The summed E-state index contributed by atoms with van der Waals surface area (Å²) in [5.41, 5.74) is 0.137. The summed E-state index contributed by atoms with van der Waals surface area (Å²) in [7, 11) is 0. The number of hydrogen-bond donors (Lipinski definition) is 1. The third-order valence-corrected chi connectivity index (χ3v) is 2.37. The molecule has 2 rings (SSSR count). The largest absolute Gasteiger partial charge is 0.477 e. The van der Waals surface area contributed by atoms with Crippen molar-refractivity contribution >= 4 is 22.9 Å². The summed E-state index contributed by atoms with van der Waals surface area (Å²) in [4.78, 5) is 16.4. The van der Waals surface area contributed by atoms with Crippen molar-refractivity contribution in [2.75, 3.05) is 6.54 Å². The third-order valence-electron chi connectivity index (χ3n) is 1.58. The van der Waals surface area contributed by atoms with Crippen molar-refractivity contribution < 1.29 is 9.90 Å². The van der Waals surface area contributed by atoms with Crippen molar-refractivity contribution in [3.05, 3.63) is 23.4 Å². The van der Waals surface area contributed by atoms with Crippen molar-refractivity contribution in [3.63, 3.8) is 0 Å². The minimum Gasteiger partial charge on any atom is -0.477 e. The zero-order valence-electron chi connectivity index (χ0n) is 6.10. The first-order valence-corrected chi connectivity index (χ1v) is 4.27. The van der Waals surface area contributed by atoms with Crippen molar-refractivity contribution in [2.24, 2.45) is 4.99 Å². The fourth-order valence-electron chi connectivity index (χ4n) is 0.994. The molecule has 4 nitrogen and oxygen atoms in total. The maximum atomic E-state index is 10.5. The van der Waals surface area contributed by atoms with Gasteiger partial charge in [-0.15, -0.1) is 0 Å². The molecule has 0 aromatic carbocycles. The van der Waals surface area contributed by atoms with Gasteiger partial charge in [0, 0.05) is 12.7 Å². The number of hydrogen-bond acceptors (Lipinski definition) is 4. The smallest absolute Gasteiger partial charge is 0.354 e. The van der Waals surface area contributed by atoms with E-state index < -0.39 is 5.97 Å². The number of rotatable bonds is 1. The summed E-state index contributed by atoms with van der Waals surface area (Å²) in [6.45, 7) is 0.601. The molecule has 0 saturated heterocycles. The second kappa shape index (κ2) is 2.67. The van der Waals surface area contributed by atoms with Gasteiger partial charge in [-0.3, -0.25) is 0 Å². The molecular weight excluding hydrogens is 176 g/mol. The molecule has 0 fully saturated rings. The highest BCUT2D eigenvalue weighted by Gasteiger charge is 2.20. The average Bonchev–Trinajstić information content (AvgIpc) is 2.49. The minimum atomic E-state index is -0.963. The molecule has 2 heterocycles. The third kappa shape index (κ3) is 1.12. The molecule has 0 radical (unpaired) electrons. The number of aliphatic imine (C=N–C) groups is 1. The normalized spacial score (nSPS) is 20.2. The number of amidine groups is 1. The van der Waals surface area contributed by atoms with E-state index in [1.165, 1.54) is 11.8 Å². The lowest BCUT2D eigenvalue weighted by Crippen LogP contribution is -2.24. The second-order valence-electron chi connectivity index (χ2n) is 2.34. The molecule has 0 bridgehead atoms. The van der Waals surface area contributed by atoms with E-state index in [2.05, 4.69) is 4.99 Å². The van der Waals surface area contributed by atoms with E-state index in [-0.39, 0.29) is 5.70 Å². The molecular formula is C7H6N2O2S. The van der Waals surface area contributed by atoms with Crippen LogP contribution in [0.25, 0.3) is 0 Å². The topological polar surface area (TPSA) is 52.9 Å². The average molecular weight is 182 g/mol. The molecule has 5 heteroatoms. The number of carbonyl (C=O) groups is 1. The Hall–Kier alpha value is -1.23. The van der Waals surface area contributed by atoms with Crippen molar-refractivity contribution in [3.8, 4) is 0 Å². The van der Waals surface area contributed by atoms with Gasteiger partial charge in [0.2, 0.25) is 0 Å². The predicted molar refractivity (Wildman–Crippen MR) is 46.6 cm³/mol. The van der Waals surface area contributed by atoms with Crippen molar-refractivity contribution in [1.29, 1.82) is 0 Å². The Morgan fingerprint density at radius 3 is 3.33 bits per heavy atom. The van der Waals surface area contributed by atoms with Gasteiger partial charge in [-0.05, 0) is 11.5 Å². The van der Waals surface area contributed by atoms with Gasteiger partial charge in [-0.1, -0.05) is 11.8 Å². The highest BCUT2D eigenvalue weighted by molar-refractivity contribution is 8.16. The van der Waals surface area contributed by atoms with E-state index in [0.717, 1.165) is 5.17 Å². The Kier molecular flexibility index (Phi) is 1.65. The van der Waals surface area contributed by atoms with Crippen molar-refractivity contribution in [1.82, 2.24) is 4.90 Å². The van der Waals surface area contributed by atoms with Crippen LogP contribution in [0.1, 0.15) is 0 Å². The molecule has 0 spiro atoms. The lowest BCUT2D eigenvalue weighted by atomic mass is 10.3. The fourth-order valence-corrected chi connectivity index (χ4v) is 1.75. The number of thioether (sulfide) groups is 1. The van der Waals surface area contributed by atoms with Crippen LogP contribution < -0.4 is 0 Å². The van der Waals surface area contributed by atoms with Crippen molar-refractivity contribution in [2.45, 2.75) is 0 Å². The molecule has 0 saturated carbocycles.